The first-order valence-electron chi connectivity index (χ1n) is 15.2. The van der Waals surface area contributed by atoms with Gasteiger partial charge in [-0.1, -0.05) is 109 Å². The average molecular weight is 592 g/mol. The lowest BCUT2D eigenvalue weighted by molar-refractivity contribution is 1.13. The summed E-state index contributed by atoms with van der Waals surface area (Å²) in [5.74, 6) is 0. The van der Waals surface area contributed by atoms with Gasteiger partial charge in [0.05, 0.1) is 33.8 Å². The number of hydrogen-bond acceptors (Lipinski definition) is 3. The van der Waals surface area contributed by atoms with E-state index < -0.39 is 0 Å². The fourth-order valence-corrected chi connectivity index (χ4v) is 8.41. The van der Waals surface area contributed by atoms with Crippen LogP contribution in [0.25, 0.3) is 70.2 Å². The fraction of sp³-hybridized carbons (Fsp3) is 0. The van der Waals surface area contributed by atoms with Crippen molar-refractivity contribution in [2.45, 2.75) is 0 Å². The number of nitrogens with zero attached hydrogens (tertiary/aromatic N) is 3. The molecule has 0 N–H and O–H groups in total. The zero-order valence-corrected chi connectivity index (χ0v) is 25.0. The first kappa shape index (κ1) is 24.7. The third kappa shape index (κ3) is 3.43. The molecule has 0 aliphatic carbocycles. The molecule has 1 aliphatic heterocycles. The molecule has 9 aromatic rings. The Kier molecular flexibility index (Phi) is 5.16. The molecule has 0 saturated carbocycles. The largest absolute Gasteiger partial charge is 0.309 e. The molecule has 0 spiro atoms. The van der Waals surface area contributed by atoms with Crippen molar-refractivity contribution in [3.63, 3.8) is 0 Å². The van der Waals surface area contributed by atoms with Gasteiger partial charge in [0.2, 0.25) is 0 Å². The molecular weight excluding hydrogens is 567 g/mol. The number of pyridine rings is 1. The summed E-state index contributed by atoms with van der Waals surface area (Å²) in [6.45, 7) is 0. The van der Waals surface area contributed by atoms with Crippen molar-refractivity contribution in [3.05, 3.63) is 152 Å². The molecule has 0 amide bonds. The Morgan fingerprint density at radius 3 is 1.98 bits per heavy atom. The summed E-state index contributed by atoms with van der Waals surface area (Å²) < 4.78 is 3.70. The van der Waals surface area contributed by atoms with Crippen molar-refractivity contribution < 1.29 is 0 Å². The number of hydrogen-bond donors (Lipinski definition) is 0. The Balaban J connectivity index is 1.43. The van der Waals surface area contributed by atoms with Crippen LogP contribution in [0.4, 0.5) is 17.1 Å². The van der Waals surface area contributed by atoms with Crippen LogP contribution in [0, 0.1) is 0 Å². The van der Waals surface area contributed by atoms with Crippen LogP contribution >= 0.6 is 11.3 Å². The predicted octanol–water partition coefficient (Wildman–Crippen LogP) is 11.7. The molecule has 0 atom stereocenters. The van der Waals surface area contributed by atoms with Crippen LogP contribution in [0.1, 0.15) is 0 Å². The SMILES string of the molecule is c1ccc(-n2c3c(c4ccccc42)-c2ccccc2N(c2c4ccccc4nc4sc5ccccc5c24)c2ccccc2-3)cc1. The number of benzene rings is 6. The highest BCUT2D eigenvalue weighted by Crippen LogP contribution is 2.56. The Morgan fingerprint density at radius 1 is 0.511 bits per heavy atom. The van der Waals surface area contributed by atoms with E-state index in [-0.39, 0.29) is 0 Å². The average Bonchev–Trinajstić information content (AvgIpc) is 3.61. The van der Waals surface area contributed by atoms with Crippen molar-refractivity contribution in [3.8, 4) is 28.1 Å². The minimum absolute atomic E-state index is 1.00. The predicted molar refractivity (Wildman–Crippen MR) is 191 cm³/mol. The van der Waals surface area contributed by atoms with Gasteiger partial charge in [-0.25, -0.2) is 4.98 Å². The lowest BCUT2D eigenvalue weighted by atomic mass is 9.98. The van der Waals surface area contributed by atoms with Gasteiger partial charge in [-0.15, -0.1) is 11.3 Å². The highest BCUT2D eigenvalue weighted by atomic mass is 32.1. The van der Waals surface area contributed by atoms with Crippen LogP contribution in [0.2, 0.25) is 0 Å². The molecule has 10 rings (SSSR count). The van der Waals surface area contributed by atoms with Crippen LogP contribution in [-0.2, 0) is 0 Å². The zero-order valence-electron chi connectivity index (χ0n) is 24.2. The monoisotopic (exact) mass is 591 g/mol. The lowest BCUT2D eigenvalue weighted by Crippen LogP contribution is -2.12. The number of fused-ring (bicyclic) bond motifs is 11. The molecule has 3 nitrogen and oxygen atoms in total. The fourth-order valence-electron chi connectivity index (χ4n) is 7.32. The molecule has 4 heterocycles. The second-order valence-electron chi connectivity index (χ2n) is 11.5. The third-order valence-corrected chi connectivity index (χ3v) is 10.2. The van der Waals surface area contributed by atoms with Crippen molar-refractivity contribution in [2.75, 3.05) is 4.90 Å². The normalized spacial score (nSPS) is 12.4. The summed E-state index contributed by atoms with van der Waals surface area (Å²) >= 11 is 1.77. The second kappa shape index (κ2) is 9.39. The highest BCUT2D eigenvalue weighted by molar-refractivity contribution is 7.25. The third-order valence-electron chi connectivity index (χ3n) is 9.12. The molecule has 0 fully saturated rings. The Hall–Kier alpha value is -5.71. The summed E-state index contributed by atoms with van der Waals surface area (Å²) in [5.41, 5.74) is 11.7. The van der Waals surface area contributed by atoms with Crippen molar-refractivity contribution in [1.29, 1.82) is 0 Å². The van der Waals surface area contributed by atoms with E-state index in [9.17, 15) is 0 Å². The Morgan fingerprint density at radius 2 is 1.13 bits per heavy atom. The molecule has 0 unspecified atom stereocenters. The number of rotatable bonds is 2. The first-order chi connectivity index (χ1) is 22.4. The van der Waals surface area contributed by atoms with E-state index in [1.165, 1.54) is 54.4 Å². The molecule has 45 heavy (non-hydrogen) atoms. The molecule has 1 aliphatic rings. The molecule has 0 radical (unpaired) electrons. The van der Waals surface area contributed by atoms with E-state index >= 15 is 0 Å². The maximum Gasteiger partial charge on any atom is 0.127 e. The second-order valence-corrected chi connectivity index (χ2v) is 12.6. The highest BCUT2D eigenvalue weighted by Gasteiger charge is 2.33. The number of anilines is 3. The molecule has 0 saturated heterocycles. The van der Waals surface area contributed by atoms with Crippen LogP contribution in [-0.4, -0.2) is 9.55 Å². The quantitative estimate of drug-likeness (QED) is 0.199. The maximum atomic E-state index is 5.22. The van der Waals surface area contributed by atoms with Gasteiger partial charge < -0.3 is 9.47 Å². The molecular formula is C41H25N3S. The van der Waals surface area contributed by atoms with E-state index in [1.54, 1.807) is 11.3 Å². The van der Waals surface area contributed by atoms with Gasteiger partial charge in [0.15, 0.2) is 0 Å². The van der Waals surface area contributed by atoms with E-state index in [1.807, 2.05) is 0 Å². The number of aromatic nitrogens is 2. The van der Waals surface area contributed by atoms with Gasteiger partial charge in [0.1, 0.15) is 4.83 Å². The Labute approximate surface area is 263 Å². The van der Waals surface area contributed by atoms with E-state index in [2.05, 4.69) is 161 Å². The van der Waals surface area contributed by atoms with Gasteiger partial charge in [0.25, 0.3) is 0 Å². The van der Waals surface area contributed by atoms with Crippen LogP contribution in [0.5, 0.6) is 0 Å². The standard InChI is InChI=1S/C41H25N3S/c1-2-14-26(15-3-1)43-33-22-10-5-17-28(33)37-29-18-6-11-23-34(29)44(35-24-12-7-19-30(35)40(37)43)39-27-16-4-9-21-32(27)42-41-38(39)31-20-8-13-25-36(31)45-41/h1-25H. The van der Waals surface area contributed by atoms with Gasteiger partial charge in [0, 0.05) is 48.6 Å². The summed E-state index contributed by atoms with van der Waals surface area (Å²) in [7, 11) is 0. The van der Waals surface area contributed by atoms with Gasteiger partial charge >= 0.3 is 0 Å². The molecule has 0 bridgehead atoms. The molecule has 6 aromatic carbocycles. The Bertz CT molecular complexity index is 2610. The first-order valence-corrected chi connectivity index (χ1v) is 16.1. The van der Waals surface area contributed by atoms with Gasteiger partial charge in [-0.05, 0) is 42.5 Å². The van der Waals surface area contributed by atoms with Gasteiger partial charge in [-0.2, -0.15) is 0 Å². The van der Waals surface area contributed by atoms with E-state index in [0.717, 1.165) is 32.8 Å². The van der Waals surface area contributed by atoms with Crippen molar-refractivity contribution in [1.82, 2.24) is 9.55 Å². The van der Waals surface area contributed by atoms with Crippen LogP contribution < -0.4 is 4.90 Å². The maximum absolute atomic E-state index is 5.22. The lowest BCUT2D eigenvalue weighted by Gasteiger charge is -2.29. The summed E-state index contributed by atoms with van der Waals surface area (Å²) in [6.07, 6.45) is 0. The topological polar surface area (TPSA) is 21.1 Å². The van der Waals surface area contributed by atoms with Crippen molar-refractivity contribution in [2.24, 2.45) is 0 Å². The summed E-state index contributed by atoms with van der Waals surface area (Å²) in [6, 6.07) is 54.7. The number of para-hydroxylation sites is 5. The number of thiophene rings is 1. The molecule has 3 aromatic heterocycles. The molecule has 210 valence electrons. The van der Waals surface area contributed by atoms with Gasteiger partial charge in [-0.3, -0.25) is 0 Å². The smallest absolute Gasteiger partial charge is 0.127 e. The summed E-state index contributed by atoms with van der Waals surface area (Å²) in [4.78, 5) is 8.79. The van der Waals surface area contributed by atoms with Crippen LogP contribution in [0.15, 0.2) is 152 Å². The minimum Gasteiger partial charge on any atom is -0.309 e. The molecule has 4 heteroatoms. The van der Waals surface area contributed by atoms with E-state index in [4.69, 9.17) is 4.98 Å². The van der Waals surface area contributed by atoms with Crippen LogP contribution in [0.3, 0.4) is 0 Å². The van der Waals surface area contributed by atoms with E-state index in [0.29, 0.717) is 0 Å². The minimum atomic E-state index is 1.00. The zero-order chi connectivity index (χ0) is 29.5. The van der Waals surface area contributed by atoms with Crippen molar-refractivity contribution >= 4 is 70.5 Å². The summed E-state index contributed by atoms with van der Waals surface area (Å²) in [5, 5.41) is 4.81.